The van der Waals surface area contributed by atoms with Gasteiger partial charge in [-0.15, -0.1) is 22.7 Å². The van der Waals surface area contributed by atoms with Crippen LogP contribution in [-0.4, -0.2) is 15.9 Å². The highest BCUT2D eigenvalue weighted by Gasteiger charge is 2.21. The molecule has 2 aromatic heterocycles. The minimum Gasteiger partial charge on any atom is -0.297 e. The quantitative estimate of drug-likeness (QED) is 0.924. The monoisotopic (exact) mass is 293 g/mol. The fourth-order valence-corrected chi connectivity index (χ4v) is 4.13. The summed E-state index contributed by atoms with van der Waals surface area (Å²) < 4.78 is 0. The first kappa shape index (κ1) is 12.7. The van der Waals surface area contributed by atoms with Crippen LogP contribution in [0.25, 0.3) is 0 Å². The van der Waals surface area contributed by atoms with E-state index in [-0.39, 0.29) is 5.91 Å². The average molecular weight is 293 g/mol. The number of carbonyl (C=O) groups is 1. The van der Waals surface area contributed by atoms with Crippen LogP contribution in [0.1, 0.15) is 39.3 Å². The normalized spacial score (nSPS) is 18.1. The van der Waals surface area contributed by atoms with Gasteiger partial charge in [-0.05, 0) is 32.1 Å². The van der Waals surface area contributed by atoms with Crippen molar-refractivity contribution in [1.29, 1.82) is 0 Å². The van der Waals surface area contributed by atoms with E-state index in [0.717, 1.165) is 29.6 Å². The molecule has 0 saturated carbocycles. The summed E-state index contributed by atoms with van der Waals surface area (Å²) in [6.07, 6.45) is 3.31. The second-order valence-corrected chi connectivity index (χ2v) is 6.90. The number of nitrogens with zero attached hydrogens (tertiary/aromatic N) is 2. The average Bonchev–Trinajstić information content (AvgIpc) is 2.94. The van der Waals surface area contributed by atoms with Crippen LogP contribution in [0.2, 0.25) is 0 Å². The minimum absolute atomic E-state index is 0.0980. The van der Waals surface area contributed by atoms with Gasteiger partial charge in [-0.25, -0.2) is 9.97 Å². The van der Waals surface area contributed by atoms with Gasteiger partial charge < -0.3 is 0 Å². The molecule has 4 nitrogen and oxygen atoms in total. The van der Waals surface area contributed by atoms with E-state index in [0.29, 0.717) is 4.88 Å². The van der Waals surface area contributed by atoms with E-state index in [9.17, 15) is 4.79 Å². The van der Waals surface area contributed by atoms with Crippen LogP contribution in [0.4, 0.5) is 5.13 Å². The van der Waals surface area contributed by atoms with Crippen molar-refractivity contribution in [2.24, 2.45) is 5.92 Å². The van der Waals surface area contributed by atoms with Crippen LogP contribution in [0, 0.1) is 12.8 Å². The zero-order chi connectivity index (χ0) is 13.4. The van der Waals surface area contributed by atoms with E-state index in [2.05, 4.69) is 22.2 Å². The van der Waals surface area contributed by atoms with Crippen molar-refractivity contribution in [2.75, 3.05) is 5.32 Å². The van der Waals surface area contributed by atoms with Crippen molar-refractivity contribution in [3.63, 3.8) is 0 Å². The molecule has 6 heteroatoms. The molecule has 1 amide bonds. The van der Waals surface area contributed by atoms with Crippen LogP contribution >= 0.6 is 22.7 Å². The van der Waals surface area contributed by atoms with E-state index in [1.165, 1.54) is 28.3 Å². The second-order valence-electron chi connectivity index (χ2n) is 4.96. The molecule has 0 aromatic carbocycles. The fraction of sp³-hybridized carbons (Fsp3) is 0.462. The highest BCUT2D eigenvalue weighted by molar-refractivity contribution is 7.16. The number of hydrogen-bond acceptors (Lipinski definition) is 5. The van der Waals surface area contributed by atoms with Crippen molar-refractivity contribution >= 4 is 33.7 Å². The first-order valence-corrected chi connectivity index (χ1v) is 8.03. The number of thiazole rings is 2. The summed E-state index contributed by atoms with van der Waals surface area (Å²) in [6.45, 7) is 4.11. The molecule has 100 valence electrons. The van der Waals surface area contributed by atoms with Gasteiger partial charge in [-0.1, -0.05) is 6.92 Å². The van der Waals surface area contributed by atoms with Crippen LogP contribution in [0.15, 0.2) is 5.51 Å². The number of aromatic nitrogens is 2. The molecule has 0 radical (unpaired) electrons. The molecule has 0 spiro atoms. The standard InChI is InChI=1S/C13H15N3OS2/c1-7-3-4-9-10(5-7)19-13(15-9)16-12(17)11-8(2)14-6-18-11/h6-7H,3-5H2,1-2H3,(H,15,16,17)/t7-/m1/s1. The molecular formula is C13H15N3OS2. The molecular weight excluding hydrogens is 278 g/mol. The molecule has 2 heterocycles. The Kier molecular flexibility index (Phi) is 3.36. The van der Waals surface area contributed by atoms with Gasteiger partial charge in [-0.3, -0.25) is 10.1 Å². The molecule has 1 aliphatic rings. The maximum absolute atomic E-state index is 12.1. The SMILES string of the molecule is Cc1ncsc1C(=O)Nc1nc2c(s1)C[C@H](C)CC2. The van der Waals surface area contributed by atoms with Crippen LogP contribution in [0.5, 0.6) is 0 Å². The van der Waals surface area contributed by atoms with Gasteiger partial charge in [0.25, 0.3) is 5.91 Å². The van der Waals surface area contributed by atoms with Gasteiger partial charge in [0.15, 0.2) is 5.13 Å². The molecule has 1 aliphatic carbocycles. The van der Waals surface area contributed by atoms with Crippen molar-refractivity contribution in [2.45, 2.75) is 33.1 Å². The lowest BCUT2D eigenvalue weighted by Crippen LogP contribution is -2.11. The van der Waals surface area contributed by atoms with Gasteiger partial charge in [-0.2, -0.15) is 0 Å². The highest BCUT2D eigenvalue weighted by atomic mass is 32.1. The maximum atomic E-state index is 12.1. The minimum atomic E-state index is -0.0980. The smallest absolute Gasteiger partial charge is 0.269 e. The third-order valence-corrected chi connectivity index (χ3v) is 5.32. The van der Waals surface area contributed by atoms with E-state index in [4.69, 9.17) is 0 Å². The predicted molar refractivity (Wildman–Crippen MR) is 78.1 cm³/mol. The molecule has 3 rings (SSSR count). The third kappa shape index (κ3) is 2.55. The van der Waals surface area contributed by atoms with Crippen LogP contribution in [0.3, 0.4) is 0 Å². The predicted octanol–water partition coefficient (Wildman–Crippen LogP) is 3.29. The molecule has 0 fully saturated rings. The van der Waals surface area contributed by atoms with E-state index >= 15 is 0 Å². The number of nitrogens with one attached hydrogen (secondary N) is 1. The summed E-state index contributed by atoms with van der Waals surface area (Å²) in [5.74, 6) is 0.624. The molecule has 19 heavy (non-hydrogen) atoms. The maximum Gasteiger partial charge on any atom is 0.269 e. The molecule has 0 aliphatic heterocycles. The number of amides is 1. The number of aryl methyl sites for hydroxylation is 2. The number of hydrogen-bond donors (Lipinski definition) is 1. The lowest BCUT2D eigenvalue weighted by atomic mass is 9.93. The summed E-state index contributed by atoms with van der Waals surface area (Å²) >= 11 is 2.98. The van der Waals surface area contributed by atoms with Crippen LogP contribution < -0.4 is 5.32 Å². The number of fused-ring (bicyclic) bond motifs is 1. The van der Waals surface area contributed by atoms with E-state index in [1.807, 2.05) is 6.92 Å². The summed E-state index contributed by atoms with van der Waals surface area (Å²) in [4.78, 5) is 22.7. The fourth-order valence-electron chi connectivity index (χ4n) is 2.27. The molecule has 1 N–H and O–H groups in total. The summed E-state index contributed by atoms with van der Waals surface area (Å²) in [7, 11) is 0. The number of anilines is 1. The Hall–Kier alpha value is -1.27. The summed E-state index contributed by atoms with van der Waals surface area (Å²) in [5.41, 5.74) is 3.63. The highest BCUT2D eigenvalue weighted by Crippen LogP contribution is 2.32. The Morgan fingerprint density at radius 3 is 3.11 bits per heavy atom. The second kappa shape index (κ2) is 5.02. The lowest BCUT2D eigenvalue weighted by Gasteiger charge is -2.15. The Morgan fingerprint density at radius 2 is 2.37 bits per heavy atom. The molecule has 2 aromatic rings. The van der Waals surface area contributed by atoms with Crippen LogP contribution in [-0.2, 0) is 12.8 Å². The zero-order valence-electron chi connectivity index (χ0n) is 10.9. The van der Waals surface area contributed by atoms with Crippen molar-refractivity contribution in [3.8, 4) is 0 Å². The van der Waals surface area contributed by atoms with Gasteiger partial charge in [0.05, 0.1) is 16.9 Å². The topological polar surface area (TPSA) is 54.9 Å². The number of carbonyl (C=O) groups excluding carboxylic acids is 1. The summed E-state index contributed by atoms with van der Waals surface area (Å²) in [5, 5.41) is 3.62. The molecule has 0 bridgehead atoms. The first-order valence-electron chi connectivity index (χ1n) is 6.33. The van der Waals surface area contributed by atoms with Gasteiger partial charge in [0.1, 0.15) is 4.88 Å². The van der Waals surface area contributed by atoms with Crippen molar-refractivity contribution < 1.29 is 4.79 Å². The Labute approximate surface area is 119 Å². The van der Waals surface area contributed by atoms with Gasteiger partial charge in [0.2, 0.25) is 0 Å². The third-order valence-electron chi connectivity index (χ3n) is 3.36. The number of rotatable bonds is 2. The van der Waals surface area contributed by atoms with Crippen molar-refractivity contribution in [1.82, 2.24) is 9.97 Å². The zero-order valence-corrected chi connectivity index (χ0v) is 12.5. The Morgan fingerprint density at radius 1 is 1.53 bits per heavy atom. The first-order chi connectivity index (χ1) is 9.13. The molecule has 0 saturated heterocycles. The van der Waals surface area contributed by atoms with E-state index in [1.54, 1.807) is 16.8 Å². The lowest BCUT2D eigenvalue weighted by molar-refractivity contribution is 0.103. The Balaban J connectivity index is 1.78. The largest absolute Gasteiger partial charge is 0.297 e. The molecule has 1 atom stereocenters. The van der Waals surface area contributed by atoms with Gasteiger partial charge in [0, 0.05) is 4.88 Å². The van der Waals surface area contributed by atoms with Gasteiger partial charge >= 0.3 is 0 Å². The Bertz CT molecular complexity index is 617. The molecule has 0 unspecified atom stereocenters. The van der Waals surface area contributed by atoms with Crippen molar-refractivity contribution in [3.05, 3.63) is 26.7 Å². The van der Waals surface area contributed by atoms with E-state index < -0.39 is 0 Å². The summed E-state index contributed by atoms with van der Waals surface area (Å²) in [6, 6.07) is 0.